The van der Waals surface area contributed by atoms with Crippen molar-refractivity contribution >= 4 is 39.0 Å². The van der Waals surface area contributed by atoms with Crippen LogP contribution in [-0.2, 0) is 0 Å². The largest absolute Gasteiger partial charge is 0.306 e. The molecule has 0 fully saturated rings. The van der Waals surface area contributed by atoms with Gasteiger partial charge in [0.15, 0.2) is 0 Å². The Morgan fingerprint density at radius 2 is 2.18 bits per heavy atom. The molecule has 1 N–H and O–H groups in total. The average molecular weight is 311 g/mol. The predicted molar refractivity (Wildman–Crippen MR) is 73.7 cm³/mol. The van der Waals surface area contributed by atoms with Crippen molar-refractivity contribution in [2.45, 2.75) is 13.8 Å². The van der Waals surface area contributed by atoms with Crippen LogP contribution >= 0.6 is 27.3 Å². The molecular formula is C12H11BrN2OS. The molecule has 0 aliphatic rings. The molecule has 0 unspecified atom stereocenters. The maximum absolute atomic E-state index is 11.9. The molecule has 88 valence electrons. The zero-order valence-electron chi connectivity index (χ0n) is 9.45. The minimum absolute atomic E-state index is 0.135. The number of nitrogens with zero attached hydrogens (tertiary/aromatic N) is 1. The van der Waals surface area contributed by atoms with Gasteiger partial charge in [-0.1, -0.05) is 0 Å². The van der Waals surface area contributed by atoms with Gasteiger partial charge in [0.05, 0.1) is 0 Å². The van der Waals surface area contributed by atoms with E-state index in [1.165, 1.54) is 11.3 Å². The van der Waals surface area contributed by atoms with Gasteiger partial charge in [-0.25, -0.2) is 4.98 Å². The highest BCUT2D eigenvalue weighted by atomic mass is 79.9. The van der Waals surface area contributed by atoms with Gasteiger partial charge in [-0.3, -0.25) is 4.79 Å². The summed E-state index contributed by atoms with van der Waals surface area (Å²) in [5.74, 6) is 0.456. The summed E-state index contributed by atoms with van der Waals surface area (Å²) >= 11 is 4.74. The van der Waals surface area contributed by atoms with E-state index < -0.39 is 0 Å². The molecule has 0 aliphatic heterocycles. The van der Waals surface area contributed by atoms with Crippen molar-refractivity contribution in [1.82, 2.24) is 4.98 Å². The van der Waals surface area contributed by atoms with Gasteiger partial charge in [-0.2, -0.15) is 0 Å². The number of thiophene rings is 1. The zero-order chi connectivity index (χ0) is 12.4. The Bertz CT molecular complexity index is 545. The van der Waals surface area contributed by atoms with E-state index in [0.717, 1.165) is 15.7 Å². The normalized spacial score (nSPS) is 10.3. The van der Waals surface area contributed by atoms with E-state index in [2.05, 4.69) is 26.2 Å². The summed E-state index contributed by atoms with van der Waals surface area (Å²) in [6.45, 7) is 3.88. The molecule has 3 nitrogen and oxygen atoms in total. The van der Waals surface area contributed by atoms with Gasteiger partial charge in [0.25, 0.3) is 5.91 Å². The van der Waals surface area contributed by atoms with E-state index in [1.54, 1.807) is 0 Å². The van der Waals surface area contributed by atoms with Crippen molar-refractivity contribution < 1.29 is 4.79 Å². The summed E-state index contributed by atoms with van der Waals surface area (Å²) < 4.78 is 0.810. The first-order valence-corrected chi connectivity index (χ1v) is 6.73. The Labute approximate surface area is 112 Å². The van der Waals surface area contributed by atoms with Crippen molar-refractivity contribution in [3.63, 3.8) is 0 Å². The van der Waals surface area contributed by atoms with Crippen LogP contribution in [0.1, 0.15) is 20.9 Å². The van der Waals surface area contributed by atoms with Gasteiger partial charge in [0.1, 0.15) is 10.7 Å². The molecule has 2 heterocycles. The van der Waals surface area contributed by atoms with Crippen LogP contribution in [0.4, 0.5) is 5.82 Å². The number of hydrogen-bond donors (Lipinski definition) is 1. The summed E-state index contributed by atoms with van der Waals surface area (Å²) in [5.41, 5.74) is 1.98. The SMILES string of the molecule is Cc1cc(C)nc(NC(=O)c2sccc2Br)c1. The van der Waals surface area contributed by atoms with Crippen molar-refractivity contribution in [2.24, 2.45) is 0 Å². The Morgan fingerprint density at radius 3 is 2.76 bits per heavy atom. The number of amides is 1. The molecule has 0 bridgehead atoms. The predicted octanol–water partition coefficient (Wildman–Crippen LogP) is 3.77. The van der Waals surface area contributed by atoms with Crippen molar-refractivity contribution in [1.29, 1.82) is 0 Å². The lowest BCUT2D eigenvalue weighted by atomic mass is 10.2. The standard InChI is InChI=1S/C12H11BrN2OS/c1-7-5-8(2)14-10(6-7)15-12(16)11-9(13)3-4-17-11/h3-6H,1-2H3,(H,14,15,16). The average Bonchev–Trinajstić information content (AvgIpc) is 2.62. The smallest absolute Gasteiger partial charge is 0.268 e. The fourth-order valence-electron chi connectivity index (χ4n) is 1.53. The molecule has 0 aliphatic carbocycles. The number of halogens is 1. The minimum atomic E-state index is -0.135. The Kier molecular flexibility index (Phi) is 3.59. The topological polar surface area (TPSA) is 42.0 Å². The molecule has 0 spiro atoms. The lowest BCUT2D eigenvalue weighted by Crippen LogP contribution is -2.12. The van der Waals surface area contributed by atoms with Gasteiger partial charge < -0.3 is 5.32 Å². The van der Waals surface area contributed by atoms with Gasteiger partial charge >= 0.3 is 0 Å². The first-order chi connectivity index (χ1) is 8.06. The number of nitrogens with one attached hydrogen (secondary N) is 1. The van der Waals surface area contributed by atoms with Crippen LogP contribution < -0.4 is 5.32 Å². The van der Waals surface area contributed by atoms with Crippen LogP contribution in [0.2, 0.25) is 0 Å². The zero-order valence-corrected chi connectivity index (χ0v) is 11.9. The quantitative estimate of drug-likeness (QED) is 0.917. The van der Waals surface area contributed by atoms with E-state index >= 15 is 0 Å². The number of aryl methyl sites for hydroxylation is 2. The van der Waals surface area contributed by atoms with E-state index in [0.29, 0.717) is 10.7 Å². The second-order valence-electron chi connectivity index (χ2n) is 3.72. The van der Waals surface area contributed by atoms with E-state index in [9.17, 15) is 4.79 Å². The number of anilines is 1. The number of aromatic nitrogens is 1. The lowest BCUT2D eigenvalue weighted by molar-refractivity contribution is 0.102. The van der Waals surface area contributed by atoms with Crippen molar-refractivity contribution in [3.05, 3.63) is 44.2 Å². The minimum Gasteiger partial charge on any atom is -0.306 e. The van der Waals surface area contributed by atoms with Crippen LogP contribution in [0.15, 0.2) is 28.1 Å². The van der Waals surface area contributed by atoms with Gasteiger partial charge in [0.2, 0.25) is 0 Å². The highest BCUT2D eigenvalue weighted by molar-refractivity contribution is 9.10. The van der Waals surface area contributed by atoms with Crippen molar-refractivity contribution in [3.8, 4) is 0 Å². The third kappa shape index (κ3) is 2.92. The summed E-state index contributed by atoms with van der Waals surface area (Å²) in [5, 5.41) is 4.67. The fourth-order valence-corrected chi connectivity index (χ4v) is 2.98. The van der Waals surface area contributed by atoms with E-state index in [4.69, 9.17) is 0 Å². The molecule has 0 saturated carbocycles. The lowest BCUT2D eigenvalue weighted by Gasteiger charge is -2.05. The summed E-state index contributed by atoms with van der Waals surface area (Å²) in [6.07, 6.45) is 0. The molecule has 0 atom stereocenters. The highest BCUT2D eigenvalue weighted by Gasteiger charge is 2.12. The van der Waals surface area contributed by atoms with Crippen LogP contribution in [0, 0.1) is 13.8 Å². The summed E-state index contributed by atoms with van der Waals surface area (Å²) in [7, 11) is 0. The third-order valence-corrected chi connectivity index (χ3v) is 4.00. The Balaban J connectivity index is 2.21. The van der Waals surface area contributed by atoms with Crippen LogP contribution in [0.3, 0.4) is 0 Å². The number of carbonyl (C=O) groups excluding carboxylic acids is 1. The number of hydrogen-bond acceptors (Lipinski definition) is 3. The number of rotatable bonds is 2. The summed E-state index contributed by atoms with van der Waals surface area (Å²) in [4.78, 5) is 16.9. The second-order valence-corrected chi connectivity index (χ2v) is 5.49. The second kappa shape index (κ2) is 4.98. The number of carbonyl (C=O) groups is 1. The van der Waals surface area contributed by atoms with Gasteiger partial charge in [-0.15, -0.1) is 11.3 Å². The van der Waals surface area contributed by atoms with Crippen LogP contribution in [0.5, 0.6) is 0 Å². The number of pyridine rings is 1. The Hall–Kier alpha value is -1.20. The van der Waals surface area contributed by atoms with Crippen LogP contribution in [0.25, 0.3) is 0 Å². The molecule has 2 rings (SSSR count). The van der Waals surface area contributed by atoms with Gasteiger partial charge in [-0.05, 0) is 58.9 Å². The van der Waals surface area contributed by atoms with Gasteiger partial charge in [0, 0.05) is 10.2 Å². The maximum atomic E-state index is 11.9. The molecule has 2 aromatic rings. The maximum Gasteiger partial charge on any atom is 0.268 e. The highest BCUT2D eigenvalue weighted by Crippen LogP contribution is 2.23. The first kappa shape index (κ1) is 12.3. The molecule has 17 heavy (non-hydrogen) atoms. The summed E-state index contributed by atoms with van der Waals surface area (Å²) in [6, 6.07) is 5.68. The fraction of sp³-hybridized carbons (Fsp3) is 0.167. The van der Waals surface area contributed by atoms with E-state index in [1.807, 2.05) is 37.4 Å². The van der Waals surface area contributed by atoms with Crippen LogP contribution in [-0.4, -0.2) is 10.9 Å². The molecular weight excluding hydrogens is 300 g/mol. The monoisotopic (exact) mass is 310 g/mol. The molecule has 0 radical (unpaired) electrons. The molecule has 5 heteroatoms. The van der Waals surface area contributed by atoms with E-state index in [-0.39, 0.29) is 5.91 Å². The first-order valence-electron chi connectivity index (χ1n) is 5.06. The Morgan fingerprint density at radius 1 is 1.41 bits per heavy atom. The third-order valence-electron chi connectivity index (χ3n) is 2.16. The molecule has 2 aromatic heterocycles. The molecule has 1 amide bonds. The molecule has 0 aromatic carbocycles. The molecule has 0 saturated heterocycles. The van der Waals surface area contributed by atoms with Crippen molar-refractivity contribution in [2.75, 3.05) is 5.32 Å².